The van der Waals surface area contributed by atoms with Crippen LogP contribution in [0, 0.1) is 11.8 Å². The zero-order valence-electron chi connectivity index (χ0n) is 75.9. The summed E-state index contributed by atoms with van der Waals surface area (Å²) in [6, 6.07) is -26.3. The number of aliphatic hydroxyl groups excluding tert-OH is 3. The first-order valence-corrected chi connectivity index (χ1v) is 45.0. The molecule has 0 radical (unpaired) electrons. The van der Waals surface area contributed by atoms with Crippen LogP contribution in [0.2, 0.25) is 0 Å². The molecule has 52 nitrogen and oxygen atoms in total. The second kappa shape index (κ2) is 64.3. The number of carbonyl (C=O) groups is 20. The number of guanidine groups is 2. The fourth-order valence-electron chi connectivity index (χ4n) is 12.4. The molecule has 0 aromatic heterocycles. The monoisotopic (exact) mass is 1920 g/mol. The Labute approximate surface area is 774 Å². The molecular weight excluding hydrogens is 1780 g/mol. The molecule has 0 bridgehead atoms. The van der Waals surface area contributed by atoms with Crippen molar-refractivity contribution < 1.29 is 121 Å². The zero-order chi connectivity index (χ0) is 101. The number of aliphatic carboxylic acids is 2. The highest BCUT2D eigenvalue weighted by atomic mass is 32.2. The van der Waals surface area contributed by atoms with Crippen molar-refractivity contribution in [1.82, 2.24) is 79.8 Å². The van der Waals surface area contributed by atoms with E-state index in [1.54, 1.807) is 13.2 Å². The van der Waals surface area contributed by atoms with Crippen molar-refractivity contribution in [3.05, 3.63) is 0 Å². The van der Waals surface area contributed by atoms with E-state index in [0.29, 0.717) is 31.6 Å². The van der Waals surface area contributed by atoms with Crippen LogP contribution in [-0.2, 0) is 95.9 Å². The summed E-state index contributed by atoms with van der Waals surface area (Å²) in [5.41, 5.74) is 55.4. The maximum atomic E-state index is 14.5. The Kier molecular flexibility index (Phi) is 58.6. The third-order valence-corrected chi connectivity index (χ3v) is 21.4. The van der Waals surface area contributed by atoms with E-state index in [1.165, 1.54) is 25.6 Å². The summed E-state index contributed by atoms with van der Waals surface area (Å²) in [7, 11) is 0. The SMILES string of the molecule is CC[C@H](C)[C@H](NC(=O)[C@H](CCCN=C(N)N)NC(=O)[C@@H](NC(=O)[C@H](CCCCN)NC(=O)[C@H](CC(N)=O)NC(=O)[C@@H](N)CO)[C@@H](C)O)C(=O)N[C@@H](CC(=O)O)C(=O)N[C@@H](CCC(=O)O)C(=O)N[C@@H](C)C(=O)N[C@@H](CCC(N)=O)C(S)C(=O)N[C@@H](CCCN=C(N)N)C(=O)N[C@@H](C)C(=O)N[C@H](C(=O)N[C@@H](CCCCCN)C(=O)N[C@H](CCSC)C(=O)N[C@@H](CC(C)C)C(N)=O)[C@@H](C)O. The number of rotatable bonds is 69. The normalized spacial score (nSPS) is 15.7. The minimum atomic E-state index is -2.16. The van der Waals surface area contributed by atoms with Crippen molar-refractivity contribution in [2.45, 2.75) is 298 Å². The summed E-state index contributed by atoms with van der Waals surface area (Å²) < 4.78 is 0. The number of amides is 18. The summed E-state index contributed by atoms with van der Waals surface area (Å²) in [4.78, 5) is 279. The molecule has 0 heterocycles. The van der Waals surface area contributed by atoms with Gasteiger partial charge in [0, 0.05) is 32.0 Å². The van der Waals surface area contributed by atoms with Crippen LogP contribution in [0.25, 0.3) is 0 Å². The maximum absolute atomic E-state index is 14.5. The number of nitrogens with two attached hydrogens (primary N) is 10. The average molecular weight is 1920 g/mol. The van der Waals surface area contributed by atoms with Crippen molar-refractivity contribution in [1.29, 1.82) is 0 Å². The van der Waals surface area contributed by atoms with Crippen LogP contribution in [0.15, 0.2) is 9.98 Å². The van der Waals surface area contributed by atoms with E-state index in [9.17, 15) is 121 Å². The Balaban J connectivity index is 7.24. The van der Waals surface area contributed by atoms with E-state index in [1.807, 2.05) is 13.8 Å². The molecule has 18 amide bonds. The van der Waals surface area contributed by atoms with Crippen LogP contribution >= 0.6 is 24.4 Å². The van der Waals surface area contributed by atoms with Crippen molar-refractivity contribution in [3.8, 4) is 0 Å². The molecule has 0 saturated heterocycles. The molecule has 0 rings (SSSR count). The summed E-state index contributed by atoms with van der Waals surface area (Å²) >= 11 is 5.80. The highest BCUT2D eigenvalue weighted by Gasteiger charge is 2.41. The van der Waals surface area contributed by atoms with E-state index in [4.69, 9.17) is 57.3 Å². The number of hydrogen-bond donors (Lipinski definition) is 31. The zero-order valence-corrected chi connectivity index (χ0v) is 77.6. The summed E-state index contributed by atoms with van der Waals surface area (Å²) in [5, 5.41) is 85.2. The van der Waals surface area contributed by atoms with Crippen LogP contribution in [0.3, 0.4) is 0 Å². The number of nitrogens with one attached hydrogen (secondary N) is 15. The smallest absolute Gasteiger partial charge is 0.305 e. The summed E-state index contributed by atoms with van der Waals surface area (Å²) in [5.74, 6) is -24.2. The molecule has 0 saturated carbocycles. The third kappa shape index (κ3) is 48.5. The molecule has 750 valence electrons. The van der Waals surface area contributed by atoms with E-state index >= 15 is 0 Å². The van der Waals surface area contributed by atoms with Gasteiger partial charge in [-0.05, 0) is 148 Å². The Morgan fingerprint density at radius 3 is 1.13 bits per heavy atom. The molecule has 0 aliphatic heterocycles. The van der Waals surface area contributed by atoms with Gasteiger partial charge in [0.25, 0.3) is 0 Å². The van der Waals surface area contributed by atoms with Gasteiger partial charge in [0.05, 0.1) is 31.7 Å². The van der Waals surface area contributed by atoms with Crippen LogP contribution in [-0.4, -0.2) is 315 Å². The van der Waals surface area contributed by atoms with Crippen LogP contribution < -0.4 is 137 Å². The van der Waals surface area contributed by atoms with Crippen LogP contribution in [0.5, 0.6) is 0 Å². The van der Waals surface area contributed by atoms with Gasteiger partial charge in [0.2, 0.25) is 106 Å². The molecule has 40 N–H and O–H groups in total. The highest BCUT2D eigenvalue weighted by molar-refractivity contribution is 7.98. The first-order valence-electron chi connectivity index (χ1n) is 43.1. The lowest BCUT2D eigenvalue weighted by molar-refractivity contribution is -0.142. The minimum Gasteiger partial charge on any atom is -0.481 e. The molecule has 132 heavy (non-hydrogen) atoms. The number of carboxylic acids is 2. The lowest BCUT2D eigenvalue weighted by atomic mass is 9.96. The summed E-state index contributed by atoms with van der Waals surface area (Å²) in [6.07, 6.45) is -5.25. The second-order valence-electron chi connectivity index (χ2n) is 32.0. The first kappa shape index (κ1) is 120. The average Bonchev–Trinajstić information content (AvgIpc) is 0.865. The van der Waals surface area contributed by atoms with E-state index in [2.05, 4.69) is 102 Å². The number of aliphatic hydroxyl groups is 3. The molecule has 0 fully saturated rings. The van der Waals surface area contributed by atoms with Crippen molar-refractivity contribution in [2.75, 3.05) is 44.8 Å². The molecule has 0 aromatic carbocycles. The van der Waals surface area contributed by atoms with Crippen molar-refractivity contribution >= 4 is 155 Å². The van der Waals surface area contributed by atoms with E-state index in [-0.39, 0.29) is 108 Å². The van der Waals surface area contributed by atoms with Crippen molar-refractivity contribution in [3.63, 3.8) is 0 Å². The van der Waals surface area contributed by atoms with Gasteiger partial charge in [-0.15, -0.1) is 0 Å². The number of thioether (sulfide) groups is 1. The third-order valence-electron chi connectivity index (χ3n) is 20.1. The molecule has 0 aliphatic rings. The number of carboxylic acid groups (broad SMARTS) is 2. The Hall–Kier alpha value is -11.6. The summed E-state index contributed by atoms with van der Waals surface area (Å²) in [6.45, 7) is 10.3. The quantitative estimate of drug-likeness (QED) is 0.0116. The van der Waals surface area contributed by atoms with Gasteiger partial charge >= 0.3 is 11.9 Å². The minimum absolute atomic E-state index is 0.0163. The Morgan fingerprint density at radius 1 is 0.371 bits per heavy atom. The molecule has 0 spiro atoms. The van der Waals surface area contributed by atoms with E-state index < -0.39 is 283 Å². The predicted octanol–water partition coefficient (Wildman–Crippen LogP) is -11.8. The lowest BCUT2D eigenvalue weighted by Gasteiger charge is -2.30. The number of hydrogen-bond acceptors (Lipinski definition) is 30. The molecule has 1 unspecified atom stereocenters. The molecule has 0 aromatic rings. The maximum Gasteiger partial charge on any atom is 0.305 e. The number of unbranched alkanes of at least 4 members (excludes halogenated alkanes) is 3. The topological polar surface area (TPSA) is 908 Å². The van der Waals surface area contributed by atoms with Crippen LogP contribution in [0.4, 0.5) is 0 Å². The van der Waals surface area contributed by atoms with Gasteiger partial charge in [0.1, 0.15) is 95.9 Å². The standard InChI is InChI=1S/C78H141N27O25S2/c1-10-37(4)57(103-69(123)47(21-17-30-90-78(87)88)98-75(129)59(41(8)108)105-70(124)45(19-13-15-28-80)94-71(125)51(33-54(83)110)101-64(118)42(81)35-106)73(127)102-52(34-56(113)114)72(126)95-48(23-25-55(111)112)66(120)91-38(5)62(116)93-43(22-24-53(82)109)60(131)76(130)99-46(20-16-29-89-77(85)86)65(119)92-39(6)63(117)104-58(40(7)107)74(128)97-44(18-12-11-14-27-79)67(121)96-49(26-31-132-9)68(122)100-50(61(84)115)32-36(2)3/h36-52,57-60,106-108,131H,10-35,79-81H2,1-9H3,(H2,82,109)(H2,83,110)(H2,84,115)(H,91,120)(H,92,119)(H,93,116)(H,94,125)(H,95,126)(H,96,121)(H,97,128)(H,98,129)(H,99,130)(H,100,122)(H,101,118)(H,102,127)(H,103,123)(H,104,117)(H,105,124)(H,111,112)(H,113,114)(H4,85,86,89)(H4,87,88,90)/t37-,38-,39-,40+,41+,42-,43-,44-,45-,46-,47-,48-,49+,50-,51-,52-,57-,58-,59-,60?/m0/s1. The Bertz CT molecular complexity index is 3900. The molecule has 20 atom stereocenters. The predicted molar refractivity (Wildman–Crippen MR) is 484 cm³/mol. The number of thiol groups is 1. The van der Waals surface area contributed by atoms with Gasteiger partial charge in [-0.2, -0.15) is 24.4 Å². The fourth-order valence-corrected chi connectivity index (χ4v) is 13.2. The van der Waals surface area contributed by atoms with Gasteiger partial charge in [-0.1, -0.05) is 47.0 Å². The first-order chi connectivity index (χ1) is 61.8. The van der Waals surface area contributed by atoms with E-state index in [0.717, 1.165) is 20.8 Å². The van der Waals surface area contributed by atoms with Gasteiger partial charge in [-0.25, -0.2) is 0 Å². The highest BCUT2D eigenvalue weighted by Crippen LogP contribution is 2.17. The molecule has 54 heteroatoms. The second-order valence-corrected chi connectivity index (χ2v) is 33.6. The molecular formula is C78H141N27O25S2. The lowest BCUT2D eigenvalue weighted by Crippen LogP contribution is -2.62. The largest absolute Gasteiger partial charge is 0.481 e. The van der Waals surface area contributed by atoms with Crippen LogP contribution in [0.1, 0.15) is 184 Å². The molecule has 0 aliphatic carbocycles. The Morgan fingerprint density at radius 2 is 0.727 bits per heavy atom. The van der Waals surface area contributed by atoms with Gasteiger partial charge < -0.3 is 163 Å². The van der Waals surface area contributed by atoms with Gasteiger partial charge in [0.15, 0.2) is 11.9 Å². The number of aliphatic imine (C=N–C) groups is 2. The van der Waals surface area contributed by atoms with Gasteiger partial charge in [-0.3, -0.25) is 106 Å². The number of primary amides is 3. The fraction of sp³-hybridized carbons (Fsp3) is 0.718. The van der Waals surface area contributed by atoms with Crippen molar-refractivity contribution in [2.24, 2.45) is 79.2 Å². The number of nitrogens with zero attached hydrogens (tertiary/aromatic N) is 2. The number of carbonyl (C=O) groups excluding carboxylic acids is 18.